The summed E-state index contributed by atoms with van der Waals surface area (Å²) < 4.78 is 19.9. The van der Waals surface area contributed by atoms with Crippen molar-refractivity contribution in [1.82, 2.24) is 9.55 Å². The minimum atomic E-state index is -0.396. The van der Waals surface area contributed by atoms with Crippen LogP contribution >= 0.6 is 11.3 Å². The van der Waals surface area contributed by atoms with Gasteiger partial charge in [-0.05, 0) is 42.0 Å². The van der Waals surface area contributed by atoms with Crippen LogP contribution in [0.4, 0.5) is 10.1 Å². The summed E-state index contributed by atoms with van der Waals surface area (Å²) in [6, 6.07) is 12.9. The van der Waals surface area contributed by atoms with Crippen LogP contribution in [-0.2, 0) is 11.3 Å². The first-order valence-corrected chi connectivity index (χ1v) is 9.59. The molecule has 6 nitrogen and oxygen atoms in total. The second-order valence-corrected chi connectivity index (χ2v) is 7.17. The summed E-state index contributed by atoms with van der Waals surface area (Å²) in [6.07, 6.45) is 1.37. The smallest absolute Gasteiger partial charge is 0.271 e. The van der Waals surface area contributed by atoms with Gasteiger partial charge in [0, 0.05) is 16.6 Å². The SMILES string of the molecule is COc1ccc(-c2csc3c(=O)n(CC(=O)Nc4ccc(F)cc4)cnc23)cc1. The molecule has 0 spiro atoms. The number of amides is 1. The maximum Gasteiger partial charge on any atom is 0.271 e. The molecule has 0 radical (unpaired) electrons. The molecule has 0 saturated heterocycles. The van der Waals surface area contributed by atoms with Gasteiger partial charge in [-0.25, -0.2) is 9.37 Å². The van der Waals surface area contributed by atoms with Crippen LogP contribution in [-0.4, -0.2) is 22.6 Å². The fourth-order valence-corrected chi connectivity index (χ4v) is 3.89. The van der Waals surface area contributed by atoms with Crippen LogP contribution in [0, 0.1) is 5.82 Å². The fraction of sp³-hybridized carbons (Fsp3) is 0.0952. The van der Waals surface area contributed by atoms with Crippen LogP contribution in [0.3, 0.4) is 0 Å². The van der Waals surface area contributed by atoms with Crippen LogP contribution < -0.4 is 15.6 Å². The molecule has 4 rings (SSSR count). The fourth-order valence-electron chi connectivity index (χ4n) is 2.92. The minimum Gasteiger partial charge on any atom is -0.497 e. The number of ether oxygens (including phenoxy) is 1. The third-order valence-electron chi connectivity index (χ3n) is 4.39. The van der Waals surface area contributed by atoms with Gasteiger partial charge < -0.3 is 10.1 Å². The van der Waals surface area contributed by atoms with E-state index in [0.29, 0.717) is 15.9 Å². The zero-order valence-corrected chi connectivity index (χ0v) is 16.2. The van der Waals surface area contributed by atoms with Gasteiger partial charge in [-0.15, -0.1) is 11.3 Å². The molecule has 0 saturated carbocycles. The van der Waals surface area contributed by atoms with Crippen molar-refractivity contribution in [2.75, 3.05) is 12.4 Å². The number of rotatable bonds is 5. The van der Waals surface area contributed by atoms with Gasteiger partial charge in [-0.3, -0.25) is 14.2 Å². The average Bonchev–Trinajstić information content (AvgIpc) is 3.17. The first-order chi connectivity index (χ1) is 14.0. The zero-order chi connectivity index (χ0) is 20.4. The number of carbonyl (C=O) groups is 1. The van der Waals surface area contributed by atoms with E-state index in [0.717, 1.165) is 16.9 Å². The molecule has 2 aromatic carbocycles. The summed E-state index contributed by atoms with van der Waals surface area (Å²) in [5.74, 6) is -0.0400. The Bertz CT molecular complexity index is 1230. The standard InChI is InChI=1S/C21H16FN3O3S/c1-28-16-8-2-13(3-9-16)17-11-29-20-19(17)23-12-25(21(20)27)10-18(26)24-15-6-4-14(22)5-7-15/h2-9,11-12H,10H2,1H3,(H,24,26). The van der Waals surface area contributed by atoms with Crippen molar-refractivity contribution >= 4 is 33.1 Å². The van der Waals surface area contributed by atoms with E-state index in [2.05, 4.69) is 10.3 Å². The van der Waals surface area contributed by atoms with E-state index in [1.54, 1.807) is 7.11 Å². The van der Waals surface area contributed by atoms with Gasteiger partial charge >= 0.3 is 0 Å². The van der Waals surface area contributed by atoms with E-state index in [9.17, 15) is 14.0 Å². The van der Waals surface area contributed by atoms with Gasteiger partial charge in [-0.2, -0.15) is 0 Å². The Morgan fingerprint density at radius 1 is 1.17 bits per heavy atom. The Kier molecular flexibility index (Phi) is 5.09. The first-order valence-electron chi connectivity index (χ1n) is 8.71. The maximum atomic E-state index is 13.0. The molecule has 2 aromatic heterocycles. The predicted molar refractivity (Wildman–Crippen MR) is 111 cm³/mol. The minimum absolute atomic E-state index is 0.186. The first kappa shape index (κ1) is 18.8. The lowest BCUT2D eigenvalue weighted by Gasteiger charge is -2.07. The summed E-state index contributed by atoms with van der Waals surface area (Å²) in [5.41, 5.74) is 2.55. The Balaban J connectivity index is 1.58. The molecule has 4 aromatic rings. The lowest BCUT2D eigenvalue weighted by molar-refractivity contribution is -0.116. The Morgan fingerprint density at radius 2 is 1.90 bits per heavy atom. The van der Waals surface area contributed by atoms with Crippen LogP contribution in [0.25, 0.3) is 21.3 Å². The van der Waals surface area contributed by atoms with Crippen molar-refractivity contribution in [3.8, 4) is 16.9 Å². The van der Waals surface area contributed by atoms with Gasteiger partial charge in [0.25, 0.3) is 5.56 Å². The molecule has 8 heteroatoms. The second-order valence-electron chi connectivity index (χ2n) is 6.29. The number of nitrogens with zero attached hydrogens (tertiary/aromatic N) is 2. The number of anilines is 1. The average molecular weight is 409 g/mol. The quantitative estimate of drug-likeness (QED) is 0.542. The molecule has 0 unspecified atom stereocenters. The summed E-state index contributed by atoms with van der Waals surface area (Å²) in [5, 5.41) is 4.51. The second kappa shape index (κ2) is 7.84. The van der Waals surface area contributed by atoms with E-state index < -0.39 is 5.91 Å². The molecule has 2 heterocycles. The number of benzene rings is 2. The number of carbonyl (C=O) groups excluding carboxylic acids is 1. The third kappa shape index (κ3) is 3.88. The number of hydrogen-bond donors (Lipinski definition) is 1. The lowest BCUT2D eigenvalue weighted by Crippen LogP contribution is -2.27. The molecule has 29 heavy (non-hydrogen) atoms. The van der Waals surface area contributed by atoms with Crippen molar-refractivity contribution < 1.29 is 13.9 Å². The maximum absolute atomic E-state index is 13.0. The van der Waals surface area contributed by atoms with Gasteiger partial charge in [0.1, 0.15) is 22.8 Å². The Morgan fingerprint density at radius 3 is 2.59 bits per heavy atom. The largest absolute Gasteiger partial charge is 0.497 e. The summed E-state index contributed by atoms with van der Waals surface area (Å²) in [7, 11) is 1.60. The number of nitrogens with one attached hydrogen (secondary N) is 1. The van der Waals surface area contributed by atoms with Crippen molar-refractivity contribution in [1.29, 1.82) is 0 Å². The van der Waals surface area contributed by atoms with Crippen LogP contribution in [0.2, 0.25) is 0 Å². The van der Waals surface area contributed by atoms with Crippen LogP contribution in [0.5, 0.6) is 5.75 Å². The molecular weight excluding hydrogens is 393 g/mol. The van der Waals surface area contributed by atoms with Gasteiger partial charge in [0.05, 0.1) is 19.0 Å². The summed E-state index contributed by atoms with van der Waals surface area (Å²) in [6.45, 7) is -0.186. The zero-order valence-electron chi connectivity index (χ0n) is 15.4. The molecular formula is C21H16FN3O3S. The monoisotopic (exact) mass is 409 g/mol. The van der Waals surface area contributed by atoms with E-state index in [1.165, 1.54) is 46.5 Å². The topological polar surface area (TPSA) is 73.2 Å². The molecule has 0 aliphatic rings. The molecule has 0 bridgehead atoms. The van der Waals surface area contributed by atoms with Crippen molar-refractivity contribution in [3.63, 3.8) is 0 Å². The molecule has 0 fully saturated rings. The molecule has 0 atom stereocenters. The van der Waals surface area contributed by atoms with Crippen LogP contribution in [0.1, 0.15) is 0 Å². The third-order valence-corrected chi connectivity index (χ3v) is 5.35. The number of fused-ring (bicyclic) bond motifs is 1. The van der Waals surface area contributed by atoms with E-state index >= 15 is 0 Å². The highest BCUT2D eigenvalue weighted by Gasteiger charge is 2.14. The van der Waals surface area contributed by atoms with E-state index in [4.69, 9.17) is 4.74 Å². The van der Waals surface area contributed by atoms with Crippen molar-refractivity contribution in [3.05, 3.63) is 76.4 Å². The van der Waals surface area contributed by atoms with Gasteiger partial charge in [0.15, 0.2) is 0 Å². The van der Waals surface area contributed by atoms with Crippen molar-refractivity contribution in [2.45, 2.75) is 6.54 Å². The molecule has 1 N–H and O–H groups in total. The summed E-state index contributed by atoms with van der Waals surface area (Å²) in [4.78, 5) is 29.4. The number of aromatic nitrogens is 2. The number of hydrogen-bond acceptors (Lipinski definition) is 5. The highest BCUT2D eigenvalue weighted by atomic mass is 32.1. The summed E-state index contributed by atoms with van der Waals surface area (Å²) >= 11 is 1.29. The van der Waals surface area contributed by atoms with E-state index in [1.807, 2.05) is 29.6 Å². The Hall–Kier alpha value is -3.52. The predicted octanol–water partition coefficient (Wildman–Crippen LogP) is 3.91. The molecule has 0 aliphatic heterocycles. The van der Waals surface area contributed by atoms with Crippen molar-refractivity contribution in [2.24, 2.45) is 0 Å². The number of halogens is 1. The molecule has 1 amide bonds. The van der Waals surface area contributed by atoms with Gasteiger partial charge in [0.2, 0.25) is 5.91 Å². The normalized spacial score (nSPS) is 10.8. The molecule has 0 aliphatic carbocycles. The molecule has 146 valence electrons. The van der Waals surface area contributed by atoms with Crippen LogP contribution in [0.15, 0.2) is 65.0 Å². The van der Waals surface area contributed by atoms with Gasteiger partial charge in [-0.1, -0.05) is 12.1 Å². The highest BCUT2D eigenvalue weighted by Crippen LogP contribution is 2.31. The Labute approximate surface area is 169 Å². The highest BCUT2D eigenvalue weighted by molar-refractivity contribution is 7.17. The lowest BCUT2D eigenvalue weighted by atomic mass is 10.1. The number of methoxy groups -OCH3 is 1. The number of thiophene rings is 1. The van der Waals surface area contributed by atoms with E-state index in [-0.39, 0.29) is 17.9 Å².